The van der Waals surface area contributed by atoms with Crippen molar-refractivity contribution in [2.45, 2.75) is 12.2 Å². The summed E-state index contributed by atoms with van der Waals surface area (Å²) in [5.41, 5.74) is 3.23. The van der Waals surface area contributed by atoms with Crippen LogP contribution in [0.4, 0.5) is 5.82 Å². The van der Waals surface area contributed by atoms with Crippen molar-refractivity contribution in [3.8, 4) is 22.9 Å². The maximum absolute atomic E-state index is 12.6. The Labute approximate surface area is 189 Å². The second-order valence-electron chi connectivity index (χ2n) is 6.90. The lowest BCUT2D eigenvalue weighted by molar-refractivity contribution is -0.113. The Hall–Kier alpha value is -2.84. The third-order valence-electron chi connectivity index (χ3n) is 5.11. The Morgan fingerprint density at radius 3 is 2.45 bits per heavy atom. The summed E-state index contributed by atoms with van der Waals surface area (Å²) in [6.07, 6.45) is 0. The van der Waals surface area contributed by atoms with Crippen LogP contribution in [0.25, 0.3) is 5.69 Å². The zero-order valence-electron chi connectivity index (χ0n) is 17.6. The quantitative estimate of drug-likeness (QED) is 0.599. The first kappa shape index (κ1) is 21.4. The normalized spacial score (nSPS) is 15.6. The predicted molar refractivity (Wildman–Crippen MR) is 122 cm³/mol. The van der Waals surface area contributed by atoms with Gasteiger partial charge >= 0.3 is 0 Å². The zero-order chi connectivity index (χ0) is 22.1. The largest absolute Gasteiger partial charge is 0.496 e. The third-order valence-corrected chi connectivity index (χ3v) is 6.68. The Morgan fingerprint density at radius 1 is 1.10 bits per heavy atom. The summed E-state index contributed by atoms with van der Waals surface area (Å²) in [4.78, 5) is 12.6. The number of amides is 1. The number of benzene rings is 2. The maximum Gasteiger partial charge on any atom is 0.235 e. The second kappa shape index (κ2) is 8.72. The average Bonchev–Trinajstić information content (AvgIpc) is 2.98. The van der Waals surface area contributed by atoms with Crippen LogP contribution in [0.1, 0.15) is 22.1 Å². The molecule has 1 aliphatic heterocycles. The number of anilines is 1. The summed E-state index contributed by atoms with van der Waals surface area (Å²) in [5, 5.41) is 8.04. The fourth-order valence-corrected chi connectivity index (χ4v) is 5.10. The van der Waals surface area contributed by atoms with E-state index in [0.717, 1.165) is 16.8 Å². The number of fused-ring (bicyclic) bond motifs is 1. The molecule has 0 saturated carbocycles. The van der Waals surface area contributed by atoms with E-state index in [-0.39, 0.29) is 16.9 Å². The van der Waals surface area contributed by atoms with E-state index in [4.69, 9.17) is 30.9 Å². The Kier molecular flexibility index (Phi) is 6.02. The number of carbonyl (C=O) groups excluding carboxylic acids is 1. The summed E-state index contributed by atoms with van der Waals surface area (Å²) in [6.45, 7) is 1.92. The van der Waals surface area contributed by atoms with Gasteiger partial charge in [0.05, 0.1) is 48.7 Å². The molecule has 0 spiro atoms. The van der Waals surface area contributed by atoms with Crippen LogP contribution >= 0.6 is 23.4 Å². The molecule has 7 nitrogen and oxygen atoms in total. The highest BCUT2D eigenvalue weighted by molar-refractivity contribution is 8.00. The molecule has 0 saturated heterocycles. The molecule has 9 heteroatoms. The zero-order valence-corrected chi connectivity index (χ0v) is 19.1. The number of hydrogen-bond donors (Lipinski definition) is 1. The number of aryl methyl sites for hydroxylation is 1. The smallest absolute Gasteiger partial charge is 0.235 e. The number of carbonyl (C=O) groups is 1. The molecule has 1 amide bonds. The van der Waals surface area contributed by atoms with Gasteiger partial charge in [-0.05, 0) is 25.1 Å². The molecular weight excluding hydrogens is 438 g/mol. The first-order valence-corrected chi connectivity index (χ1v) is 11.0. The Bertz CT molecular complexity index is 1150. The van der Waals surface area contributed by atoms with E-state index in [0.29, 0.717) is 33.8 Å². The standard InChI is InChI=1S/C22H22ClN3O4S/c1-12-20-21(13-9-17(29-3)18(30-4)10-16(13)28-2)31-11-19(27)24-22(20)26(25-12)15-8-6-5-7-14(15)23/h5-10,21H,11H2,1-4H3,(H,24,27). The number of hydrogen-bond acceptors (Lipinski definition) is 6. The van der Waals surface area contributed by atoms with Crippen LogP contribution in [0.2, 0.25) is 5.02 Å². The number of ether oxygens (including phenoxy) is 3. The SMILES string of the molecule is COc1cc(OC)c(C2SCC(=O)Nc3c2c(C)nn3-c2ccccc2Cl)cc1OC. The van der Waals surface area contributed by atoms with Gasteiger partial charge in [-0.2, -0.15) is 5.10 Å². The molecule has 0 aliphatic carbocycles. The minimum Gasteiger partial charge on any atom is -0.496 e. The van der Waals surface area contributed by atoms with Crippen LogP contribution in [0.3, 0.4) is 0 Å². The van der Waals surface area contributed by atoms with Gasteiger partial charge in [0.25, 0.3) is 0 Å². The summed E-state index contributed by atoms with van der Waals surface area (Å²) in [6, 6.07) is 11.1. The lowest BCUT2D eigenvalue weighted by atomic mass is 10.0. The van der Waals surface area contributed by atoms with Crippen molar-refractivity contribution in [3.05, 3.63) is 58.2 Å². The van der Waals surface area contributed by atoms with Gasteiger partial charge in [-0.25, -0.2) is 4.68 Å². The van der Waals surface area contributed by atoms with Gasteiger partial charge in [0.1, 0.15) is 11.6 Å². The van der Waals surface area contributed by atoms with Gasteiger partial charge in [-0.1, -0.05) is 23.7 Å². The van der Waals surface area contributed by atoms with Crippen LogP contribution in [0, 0.1) is 6.92 Å². The number of nitrogens with one attached hydrogen (secondary N) is 1. The molecule has 1 N–H and O–H groups in total. The molecule has 0 radical (unpaired) electrons. The second-order valence-corrected chi connectivity index (χ2v) is 8.40. The van der Waals surface area contributed by atoms with Gasteiger partial charge in [0.2, 0.25) is 5.91 Å². The lowest BCUT2D eigenvalue weighted by Crippen LogP contribution is -2.16. The van der Waals surface area contributed by atoms with Crippen LogP contribution < -0.4 is 19.5 Å². The van der Waals surface area contributed by atoms with Gasteiger partial charge < -0.3 is 19.5 Å². The number of nitrogens with zero attached hydrogens (tertiary/aromatic N) is 2. The molecular formula is C22H22ClN3O4S. The molecule has 1 unspecified atom stereocenters. The molecule has 0 fully saturated rings. The molecule has 4 rings (SSSR count). The summed E-state index contributed by atoms with van der Waals surface area (Å²) in [5.74, 6) is 2.56. The first-order chi connectivity index (χ1) is 15.0. The van der Waals surface area contributed by atoms with Crippen molar-refractivity contribution in [2.75, 3.05) is 32.4 Å². The highest BCUT2D eigenvalue weighted by atomic mass is 35.5. The first-order valence-electron chi connectivity index (χ1n) is 9.54. The number of methoxy groups -OCH3 is 3. The predicted octanol–water partition coefficient (Wildman–Crippen LogP) is 4.63. The molecule has 1 atom stereocenters. The monoisotopic (exact) mass is 459 g/mol. The van der Waals surface area contributed by atoms with Crippen LogP contribution in [-0.2, 0) is 4.79 Å². The summed E-state index contributed by atoms with van der Waals surface area (Å²) < 4.78 is 18.3. The highest BCUT2D eigenvalue weighted by Gasteiger charge is 2.33. The molecule has 1 aliphatic rings. The maximum atomic E-state index is 12.6. The van der Waals surface area contributed by atoms with Gasteiger partial charge in [-0.3, -0.25) is 4.79 Å². The number of halogens is 1. The van der Waals surface area contributed by atoms with Crippen LogP contribution in [0.5, 0.6) is 17.2 Å². The minimum absolute atomic E-state index is 0.110. The number of thioether (sulfide) groups is 1. The van der Waals surface area contributed by atoms with E-state index in [9.17, 15) is 4.79 Å². The topological polar surface area (TPSA) is 74.6 Å². The van der Waals surface area contributed by atoms with Crippen molar-refractivity contribution in [2.24, 2.45) is 0 Å². The highest BCUT2D eigenvalue weighted by Crippen LogP contribution is 2.49. The van der Waals surface area contributed by atoms with Crippen LogP contribution in [-0.4, -0.2) is 42.8 Å². The molecule has 2 aromatic carbocycles. The van der Waals surface area contributed by atoms with Crippen molar-refractivity contribution in [1.29, 1.82) is 0 Å². The van der Waals surface area contributed by atoms with Crippen molar-refractivity contribution in [3.63, 3.8) is 0 Å². The third kappa shape index (κ3) is 3.81. The van der Waals surface area contributed by atoms with Gasteiger partial charge in [0, 0.05) is 17.2 Å². The fraction of sp³-hybridized carbons (Fsp3) is 0.273. The Morgan fingerprint density at radius 2 is 1.77 bits per heavy atom. The lowest BCUT2D eigenvalue weighted by Gasteiger charge is -2.20. The summed E-state index contributed by atoms with van der Waals surface area (Å²) in [7, 11) is 4.78. The molecule has 0 bridgehead atoms. The van der Waals surface area contributed by atoms with Gasteiger partial charge in [-0.15, -0.1) is 11.8 Å². The van der Waals surface area contributed by atoms with E-state index in [1.807, 2.05) is 31.2 Å². The molecule has 1 aromatic heterocycles. The molecule has 3 aromatic rings. The molecule has 31 heavy (non-hydrogen) atoms. The van der Waals surface area contributed by atoms with Crippen molar-refractivity contribution >= 4 is 35.1 Å². The van der Waals surface area contributed by atoms with Crippen LogP contribution in [0.15, 0.2) is 36.4 Å². The Balaban J connectivity index is 1.94. The van der Waals surface area contributed by atoms with E-state index in [1.54, 1.807) is 38.1 Å². The molecule has 2 heterocycles. The number of rotatable bonds is 5. The van der Waals surface area contributed by atoms with Crippen molar-refractivity contribution < 1.29 is 19.0 Å². The van der Waals surface area contributed by atoms with E-state index in [2.05, 4.69) is 5.32 Å². The van der Waals surface area contributed by atoms with E-state index < -0.39 is 0 Å². The van der Waals surface area contributed by atoms with E-state index in [1.165, 1.54) is 11.8 Å². The number of para-hydroxylation sites is 1. The molecule has 162 valence electrons. The number of aromatic nitrogens is 2. The summed E-state index contributed by atoms with van der Waals surface area (Å²) >= 11 is 7.93. The van der Waals surface area contributed by atoms with Gasteiger partial charge in [0.15, 0.2) is 11.5 Å². The van der Waals surface area contributed by atoms with Crippen molar-refractivity contribution in [1.82, 2.24) is 9.78 Å². The average molecular weight is 460 g/mol. The fourth-order valence-electron chi connectivity index (χ4n) is 3.68. The minimum atomic E-state index is -0.222. The van der Waals surface area contributed by atoms with E-state index >= 15 is 0 Å².